The fourth-order valence-corrected chi connectivity index (χ4v) is 3.87. The zero-order valence-corrected chi connectivity index (χ0v) is 14.5. The summed E-state index contributed by atoms with van der Waals surface area (Å²) in [5.74, 6) is 0.413. The Balaban J connectivity index is 1.67. The molecule has 3 rings (SSSR count). The number of ether oxygens (including phenoxy) is 1. The summed E-state index contributed by atoms with van der Waals surface area (Å²) in [5, 5.41) is 10.1. The number of fused-ring (bicyclic) bond motifs is 1. The van der Waals surface area contributed by atoms with Crippen LogP contribution < -0.4 is 4.74 Å². The summed E-state index contributed by atoms with van der Waals surface area (Å²) in [5.41, 5.74) is 3.17. The lowest BCUT2D eigenvalue weighted by Crippen LogP contribution is -2.41. The number of thiophene rings is 1. The number of amides is 1. The van der Waals surface area contributed by atoms with Crippen molar-refractivity contribution < 1.29 is 9.53 Å². The van der Waals surface area contributed by atoms with Gasteiger partial charge in [-0.3, -0.25) is 4.79 Å². The molecule has 23 heavy (non-hydrogen) atoms. The highest BCUT2D eigenvalue weighted by molar-refractivity contribution is 7.10. The molecule has 1 atom stereocenters. The maximum Gasteiger partial charge on any atom is 0.261 e. The van der Waals surface area contributed by atoms with Gasteiger partial charge in [-0.2, -0.15) is 5.10 Å². The molecule has 1 aliphatic rings. The second-order valence-corrected chi connectivity index (χ2v) is 6.80. The molecule has 0 aliphatic carbocycles. The Morgan fingerprint density at radius 2 is 2.26 bits per heavy atom. The molecule has 2 aromatic heterocycles. The second-order valence-electron chi connectivity index (χ2n) is 5.80. The highest BCUT2D eigenvalue weighted by Gasteiger charge is 2.30. The Morgan fingerprint density at radius 1 is 1.43 bits per heavy atom. The van der Waals surface area contributed by atoms with E-state index in [1.165, 1.54) is 10.4 Å². The molecule has 0 bridgehead atoms. The van der Waals surface area contributed by atoms with Crippen LogP contribution in [0.2, 0.25) is 0 Å². The van der Waals surface area contributed by atoms with Gasteiger partial charge in [0.1, 0.15) is 0 Å². The van der Waals surface area contributed by atoms with Crippen molar-refractivity contribution in [1.82, 2.24) is 15.1 Å². The maximum absolute atomic E-state index is 12.6. The minimum absolute atomic E-state index is 0.00709. The predicted octanol–water partition coefficient (Wildman–Crippen LogP) is 3.07. The summed E-state index contributed by atoms with van der Waals surface area (Å²) in [6.45, 7) is 6.73. The molecule has 0 radical (unpaired) electrons. The van der Waals surface area contributed by atoms with Gasteiger partial charge in [-0.1, -0.05) is 6.92 Å². The molecular formula is C17H21N3O2S. The highest BCUT2D eigenvalue weighted by Crippen LogP contribution is 2.35. The first kappa shape index (κ1) is 15.9. The molecule has 0 saturated heterocycles. The monoisotopic (exact) mass is 331 g/mol. The number of aromatic nitrogens is 2. The second kappa shape index (κ2) is 6.66. The molecule has 0 spiro atoms. The average molecular weight is 331 g/mol. The molecule has 0 saturated carbocycles. The number of hydrogen-bond acceptors (Lipinski definition) is 5. The predicted molar refractivity (Wildman–Crippen MR) is 89.8 cm³/mol. The Hall–Kier alpha value is -1.95. The molecule has 0 fully saturated rings. The summed E-state index contributed by atoms with van der Waals surface area (Å²) >= 11 is 1.78. The Labute approximate surface area is 140 Å². The Bertz CT molecular complexity index is 714. The van der Waals surface area contributed by atoms with Crippen LogP contribution in [0.3, 0.4) is 0 Å². The summed E-state index contributed by atoms with van der Waals surface area (Å²) in [7, 11) is 0. The van der Waals surface area contributed by atoms with Gasteiger partial charge in [0.2, 0.25) is 5.88 Å². The van der Waals surface area contributed by atoms with E-state index < -0.39 is 0 Å². The summed E-state index contributed by atoms with van der Waals surface area (Å²) in [4.78, 5) is 15.9. The standard InChI is InChI=1S/C17H21N3O2S/c1-4-14-13-6-8-23-15(13)5-7-20(14)17(21)10-22-16-9-11(2)12(3)18-19-16/h6,8-9,14H,4-5,7,10H2,1-3H3/t14-/m1/s1. The molecular weight excluding hydrogens is 310 g/mol. The van der Waals surface area contributed by atoms with Gasteiger partial charge in [-0.15, -0.1) is 16.4 Å². The largest absolute Gasteiger partial charge is 0.466 e. The molecule has 0 N–H and O–H groups in total. The zero-order chi connectivity index (χ0) is 16.4. The van der Waals surface area contributed by atoms with Crippen molar-refractivity contribution in [2.75, 3.05) is 13.2 Å². The average Bonchev–Trinajstić information content (AvgIpc) is 3.03. The fraction of sp³-hybridized carbons (Fsp3) is 0.471. The number of carbonyl (C=O) groups excluding carboxylic acids is 1. The third kappa shape index (κ3) is 3.22. The first-order valence-electron chi connectivity index (χ1n) is 7.89. The number of rotatable bonds is 4. The molecule has 122 valence electrons. The molecule has 1 aliphatic heterocycles. The SMILES string of the molecule is CC[C@@H]1c2ccsc2CCN1C(=O)COc1cc(C)c(C)nn1. The zero-order valence-electron chi connectivity index (χ0n) is 13.7. The van der Waals surface area contributed by atoms with E-state index >= 15 is 0 Å². The first-order valence-corrected chi connectivity index (χ1v) is 8.77. The molecule has 0 unspecified atom stereocenters. The van der Waals surface area contributed by atoms with Crippen molar-refractivity contribution in [1.29, 1.82) is 0 Å². The van der Waals surface area contributed by atoms with Crippen molar-refractivity contribution in [3.8, 4) is 5.88 Å². The van der Waals surface area contributed by atoms with E-state index in [1.807, 2.05) is 24.8 Å². The van der Waals surface area contributed by atoms with Crippen LogP contribution in [0.1, 0.15) is 41.1 Å². The van der Waals surface area contributed by atoms with E-state index in [9.17, 15) is 4.79 Å². The maximum atomic E-state index is 12.6. The Kier molecular flexibility index (Phi) is 4.61. The van der Waals surface area contributed by atoms with Crippen LogP contribution in [-0.2, 0) is 11.2 Å². The van der Waals surface area contributed by atoms with Gasteiger partial charge in [-0.25, -0.2) is 0 Å². The van der Waals surface area contributed by atoms with E-state index in [4.69, 9.17) is 4.74 Å². The third-order valence-corrected chi connectivity index (χ3v) is 5.35. The van der Waals surface area contributed by atoms with Crippen molar-refractivity contribution in [3.05, 3.63) is 39.2 Å². The lowest BCUT2D eigenvalue weighted by molar-refractivity contribution is -0.136. The molecule has 1 amide bonds. The van der Waals surface area contributed by atoms with Gasteiger partial charge in [0.25, 0.3) is 5.91 Å². The van der Waals surface area contributed by atoms with Crippen LogP contribution in [-0.4, -0.2) is 34.2 Å². The van der Waals surface area contributed by atoms with Crippen LogP contribution in [0.4, 0.5) is 0 Å². The minimum Gasteiger partial charge on any atom is -0.466 e. The third-order valence-electron chi connectivity index (χ3n) is 4.35. The van der Waals surface area contributed by atoms with E-state index in [1.54, 1.807) is 11.3 Å². The van der Waals surface area contributed by atoms with Crippen LogP contribution in [0.15, 0.2) is 17.5 Å². The lowest BCUT2D eigenvalue weighted by Gasteiger charge is -2.35. The molecule has 2 aromatic rings. The van der Waals surface area contributed by atoms with Crippen molar-refractivity contribution in [3.63, 3.8) is 0 Å². The van der Waals surface area contributed by atoms with Gasteiger partial charge in [0.05, 0.1) is 11.7 Å². The van der Waals surface area contributed by atoms with Gasteiger partial charge in [0, 0.05) is 17.5 Å². The van der Waals surface area contributed by atoms with Gasteiger partial charge in [-0.05, 0) is 49.3 Å². The van der Waals surface area contributed by atoms with Crippen molar-refractivity contribution >= 4 is 17.2 Å². The van der Waals surface area contributed by atoms with E-state index in [0.29, 0.717) is 5.88 Å². The highest BCUT2D eigenvalue weighted by atomic mass is 32.1. The van der Waals surface area contributed by atoms with Crippen LogP contribution in [0.25, 0.3) is 0 Å². The van der Waals surface area contributed by atoms with E-state index in [0.717, 1.165) is 30.6 Å². The smallest absolute Gasteiger partial charge is 0.261 e. The van der Waals surface area contributed by atoms with Gasteiger partial charge >= 0.3 is 0 Å². The topological polar surface area (TPSA) is 55.3 Å². The van der Waals surface area contributed by atoms with Crippen LogP contribution >= 0.6 is 11.3 Å². The van der Waals surface area contributed by atoms with Gasteiger partial charge < -0.3 is 9.64 Å². The summed E-state index contributed by atoms with van der Waals surface area (Å²) in [6, 6.07) is 4.12. The molecule has 6 heteroatoms. The fourth-order valence-electron chi connectivity index (χ4n) is 2.95. The number of hydrogen-bond donors (Lipinski definition) is 0. The number of aryl methyl sites for hydroxylation is 2. The van der Waals surface area contributed by atoms with Gasteiger partial charge in [0.15, 0.2) is 6.61 Å². The quantitative estimate of drug-likeness (QED) is 0.864. The van der Waals surface area contributed by atoms with Crippen LogP contribution in [0, 0.1) is 13.8 Å². The number of carbonyl (C=O) groups is 1. The first-order chi connectivity index (χ1) is 11.1. The summed E-state index contributed by atoms with van der Waals surface area (Å²) in [6.07, 6.45) is 1.84. The Morgan fingerprint density at radius 3 is 3.00 bits per heavy atom. The molecule has 0 aromatic carbocycles. The van der Waals surface area contributed by atoms with E-state index in [2.05, 4.69) is 28.6 Å². The molecule has 3 heterocycles. The van der Waals surface area contributed by atoms with Crippen molar-refractivity contribution in [2.45, 2.75) is 39.7 Å². The molecule has 5 nitrogen and oxygen atoms in total. The lowest BCUT2D eigenvalue weighted by atomic mass is 9.98. The van der Waals surface area contributed by atoms with E-state index in [-0.39, 0.29) is 18.6 Å². The normalized spacial score (nSPS) is 17.0. The minimum atomic E-state index is 0.00709. The summed E-state index contributed by atoms with van der Waals surface area (Å²) < 4.78 is 5.56. The van der Waals surface area contributed by atoms with Crippen LogP contribution in [0.5, 0.6) is 5.88 Å². The van der Waals surface area contributed by atoms with Crippen molar-refractivity contribution in [2.24, 2.45) is 0 Å². The number of nitrogens with zero attached hydrogens (tertiary/aromatic N) is 3.